The second-order valence-electron chi connectivity index (χ2n) is 9.09. The number of hydrogen-bond donors (Lipinski definition) is 3. The molecule has 0 atom stereocenters. The highest BCUT2D eigenvalue weighted by Crippen LogP contribution is 2.34. The molecule has 0 radical (unpaired) electrons. The smallest absolute Gasteiger partial charge is 0.230 e. The van der Waals surface area contributed by atoms with Crippen molar-refractivity contribution in [1.82, 2.24) is 25.1 Å². The lowest BCUT2D eigenvalue weighted by Crippen LogP contribution is -2.27. The Morgan fingerprint density at radius 2 is 2.02 bits per heavy atom. The third kappa shape index (κ3) is 6.74. The number of aromatic amines is 1. The van der Waals surface area contributed by atoms with Gasteiger partial charge in [0, 0.05) is 41.8 Å². The maximum atomic E-state index is 13.8. The van der Waals surface area contributed by atoms with Crippen LogP contribution in [0.5, 0.6) is 11.5 Å². The maximum absolute atomic E-state index is 13.8. The van der Waals surface area contributed by atoms with Gasteiger partial charge in [0.25, 0.3) is 0 Å². The highest BCUT2D eigenvalue weighted by Gasteiger charge is 2.15. The van der Waals surface area contributed by atoms with E-state index in [4.69, 9.17) is 15.9 Å². The molecular formula is C28H29F2N7O3. The summed E-state index contributed by atoms with van der Waals surface area (Å²) in [6.07, 6.45) is 7.55. The molecule has 4 rings (SSSR count). The van der Waals surface area contributed by atoms with Crippen LogP contribution < -0.4 is 20.1 Å². The standard InChI is InChI=1S/C28H29F2N7O3/c1-5-37(17(2)3)10-7-11-40-24-15-22-19(14-23(24)39-4)28(32-16-31-22)34-25-12-18(35-36-25)13-26(38)33-21-9-6-8-20(29)27(21)30/h1,6,8-9,12,14-17H,7,10-11,13H2,2-4H3,(H,33,38)(H2,31,32,34,35,36). The number of carbonyl (C=O) groups is 1. The van der Waals surface area contributed by atoms with Crippen molar-refractivity contribution >= 4 is 34.1 Å². The number of halogens is 2. The number of terminal acetylenes is 1. The van der Waals surface area contributed by atoms with Crippen molar-refractivity contribution in [3.63, 3.8) is 0 Å². The summed E-state index contributed by atoms with van der Waals surface area (Å²) in [6, 6.07) is 11.6. The molecule has 12 heteroatoms. The quantitative estimate of drug-likeness (QED) is 0.133. The number of benzene rings is 2. The van der Waals surface area contributed by atoms with Crippen LogP contribution in [0.4, 0.5) is 26.1 Å². The molecule has 0 spiro atoms. The minimum absolute atomic E-state index is 0.139. The lowest BCUT2D eigenvalue weighted by atomic mass is 10.2. The van der Waals surface area contributed by atoms with E-state index in [9.17, 15) is 13.6 Å². The lowest BCUT2D eigenvalue weighted by molar-refractivity contribution is -0.115. The van der Waals surface area contributed by atoms with Crippen LogP contribution in [0, 0.1) is 24.1 Å². The van der Waals surface area contributed by atoms with Crippen LogP contribution >= 0.6 is 0 Å². The summed E-state index contributed by atoms with van der Waals surface area (Å²) in [5.41, 5.74) is 0.829. The number of hydrogen-bond acceptors (Lipinski definition) is 8. The van der Waals surface area contributed by atoms with Gasteiger partial charge in [-0.25, -0.2) is 18.7 Å². The molecule has 40 heavy (non-hydrogen) atoms. The van der Waals surface area contributed by atoms with Gasteiger partial charge < -0.3 is 25.0 Å². The molecule has 0 fully saturated rings. The van der Waals surface area contributed by atoms with E-state index in [0.29, 0.717) is 52.9 Å². The van der Waals surface area contributed by atoms with Crippen LogP contribution in [-0.4, -0.2) is 57.3 Å². The van der Waals surface area contributed by atoms with Crippen LogP contribution in [-0.2, 0) is 11.2 Å². The SMILES string of the molecule is C#CN(CCCOc1cc2ncnc(Nc3cc(CC(=O)Nc4cccc(F)c4F)[nH]n3)c2cc1OC)C(C)C. The van der Waals surface area contributed by atoms with Crippen LogP contribution in [0.15, 0.2) is 42.7 Å². The summed E-state index contributed by atoms with van der Waals surface area (Å²) in [5, 5.41) is 13.0. The van der Waals surface area contributed by atoms with Gasteiger partial charge in [-0.1, -0.05) is 12.5 Å². The topological polar surface area (TPSA) is 117 Å². The molecule has 1 amide bonds. The molecule has 0 aliphatic heterocycles. The van der Waals surface area contributed by atoms with Gasteiger partial charge in [0.2, 0.25) is 5.91 Å². The van der Waals surface area contributed by atoms with Gasteiger partial charge in [-0.15, -0.1) is 0 Å². The van der Waals surface area contributed by atoms with Crippen LogP contribution in [0.2, 0.25) is 0 Å². The summed E-state index contributed by atoms with van der Waals surface area (Å²) >= 11 is 0. The van der Waals surface area contributed by atoms with E-state index in [2.05, 4.69) is 36.8 Å². The molecule has 4 aromatic rings. The van der Waals surface area contributed by atoms with E-state index in [-0.39, 0.29) is 18.2 Å². The Morgan fingerprint density at radius 3 is 2.77 bits per heavy atom. The second-order valence-corrected chi connectivity index (χ2v) is 9.09. The number of methoxy groups -OCH3 is 1. The Labute approximate surface area is 230 Å². The van der Waals surface area contributed by atoms with Gasteiger partial charge in [-0.2, -0.15) is 5.10 Å². The average Bonchev–Trinajstić information content (AvgIpc) is 3.37. The van der Waals surface area contributed by atoms with Crippen molar-refractivity contribution in [1.29, 1.82) is 0 Å². The Balaban J connectivity index is 1.43. The summed E-state index contributed by atoms with van der Waals surface area (Å²) < 4.78 is 38.7. The largest absolute Gasteiger partial charge is 0.493 e. The highest BCUT2D eigenvalue weighted by molar-refractivity contribution is 5.93. The number of aromatic nitrogens is 4. The first-order chi connectivity index (χ1) is 19.3. The van der Waals surface area contributed by atoms with Crippen molar-refractivity contribution in [3.05, 3.63) is 60.1 Å². The number of nitrogens with zero attached hydrogens (tertiary/aromatic N) is 4. The minimum Gasteiger partial charge on any atom is -0.493 e. The van der Waals surface area contributed by atoms with Crippen molar-refractivity contribution in [2.45, 2.75) is 32.7 Å². The summed E-state index contributed by atoms with van der Waals surface area (Å²) in [6.45, 7) is 5.22. The van der Waals surface area contributed by atoms with Crippen LogP contribution in [0.3, 0.4) is 0 Å². The van der Waals surface area contributed by atoms with Gasteiger partial charge in [0.1, 0.15) is 12.1 Å². The number of H-pyrrole nitrogens is 1. The first-order valence-electron chi connectivity index (χ1n) is 12.5. The predicted octanol–water partition coefficient (Wildman–Crippen LogP) is 4.63. The van der Waals surface area contributed by atoms with Crippen LogP contribution in [0.1, 0.15) is 26.0 Å². The fourth-order valence-electron chi connectivity index (χ4n) is 3.93. The predicted molar refractivity (Wildman–Crippen MR) is 147 cm³/mol. The molecule has 3 N–H and O–H groups in total. The highest BCUT2D eigenvalue weighted by atomic mass is 19.2. The maximum Gasteiger partial charge on any atom is 0.230 e. The summed E-state index contributed by atoms with van der Waals surface area (Å²) in [7, 11) is 1.55. The number of ether oxygens (including phenoxy) is 2. The summed E-state index contributed by atoms with van der Waals surface area (Å²) in [4.78, 5) is 22.9. The lowest BCUT2D eigenvalue weighted by Gasteiger charge is -2.21. The normalized spacial score (nSPS) is 10.8. The molecule has 2 aromatic heterocycles. The van der Waals surface area contributed by atoms with Crippen LogP contribution in [0.25, 0.3) is 10.9 Å². The van der Waals surface area contributed by atoms with E-state index in [1.54, 1.807) is 25.3 Å². The fourth-order valence-corrected chi connectivity index (χ4v) is 3.93. The Hall–Kier alpha value is -4.92. The molecule has 0 saturated heterocycles. The van der Waals surface area contributed by atoms with E-state index in [1.165, 1.54) is 18.5 Å². The molecular weight excluding hydrogens is 520 g/mol. The summed E-state index contributed by atoms with van der Waals surface area (Å²) in [5.74, 6) is -0.810. The molecule has 0 unspecified atom stereocenters. The van der Waals surface area contributed by atoms with E-state index >= 15 is 0 Å². The Kier molecular flexibility index (Phi) is 8.96. The second kappa shape index (κ2) is 12.8. The third-order valence-electron chi connectivity index (χ3n) is 5.96. The molecule has 2 heterocycles. The number of fused-ring (bicyclic) bond motifs is 1. The van der Waals surface area contributed by atoms with Crippen molar-refractivity contribution in [2.75, 3.05) is 30.9 Å². The van der Waals surface area contributed by atoms with Gasteiger partial charge >= 0.3 is 0 Å². The average molecular weight is 550 g/mol. The van der Waals surface area contributed by atoms with Gasteiger partial charge in [0.15, 0.2) is 29.0 Å². The van der Waals surface area contributed by atoms with E-state index in [1.807, 2.05) is 18.7 Å². The third-order valence-corrected chi connectivity index (χ3v) is 5.96. The Bertz CT molecular complexity index is 1530. The number of nitrogens with one attached hydrogen (secondary N) is 3. The minimum atomic E-state index is -1.12. The van der Waals surface area contributed by atoms with Crippen molar-refractivity contribution < 1.29 is 23.0 Å². The zero-order valence-corrected chi connectivity index (χ0v) is 22.3. The number of rotatable bonds is 12. The molecule has 208 valence electrons. The monoisotopic (exact) mass is 549 g/mol. The fraction of sp³-hybridized carbons (Fsp3) is 0.286. The molecule has 0 saturated carbocycles. The van der Waals surface area contributed by atoms with E-state index in [0.717, 1.165) is 12.5 Å². The van der Waals surface area contributed by atoms with Gasteiger partial charge in [0.05, 0.1) is 31.3 Å². The van der Waals surface area contributed by atoms with Crippen molar-refractivity contribution in [2.24, 2.45) is 0 Å². The zero-order valence-electron chi connectivity index (χ0n) is 22.3. The number of carbonyl (C=O) groups excluding carboxylic acids is 1. The van der Waals surface area contributed by atoms with Gasteiger partial charge in [-0.05, 0) is 38.5 Å². The number of amides is 1. The molecule has 2 aromatic carbocycles. The van der Waals surface area contributed by atoms with Gasteiger partial charge in [-0.3, -0.25) is 9.89 Å². The van der Waals surface area contributed by atoms with Crippen molar-refractivity contribution in [3.8, 4) is 24.0 Å². The molecule has 0 aliphatic carbocycles. The molecule has 0 bridgehead atoms. The Morgan fingerprint density at radius 1 is 1.20 bits per heavy atom. The number of anilines is 3. The first kappa shape index (κ1) is 28.1. The van der Waals surface area contributed by atoms with E-state index < -0.39 is 17.5 Å². The molecule has 0 aliphatic rings. The molecule has 10 nitrogen and oxygen atoms in total. The first-order valence-corrected chi connectivity index (χ1v) is 12.5. The zero-order chi connectivity index (χ0) is 28.6.